The number of thiazole rings is 1. The predicted molar refractivity (Wildman–Crippen MR) is 129 cm³/mol. The van der Waals surface area contributed by atoms with Gasteiger partial charge in [0.05, 0.1) is 15.6 Å². The maximum atomic E-state index is 11.8. The van der Waals surface area contributed by atoms with Gasteiger partial charge in [-0.25, -0.2) is 9.97 Å². The van der Waals surface area contributed by atoms with Crippen LogP contribution < -0.4 is 5.32 Å². The number of nitrogens with zero attached hydrogens (tertiary/aromatic N) is 3. The Morgan fingerprint density at radius 2 is 1.97 bits per heavy atom. The molecule has 6 nitrogen and oxygen atoms in total. The maximum absolute atomic E-state index is 11.8. The number of hydrogen-bond acceptors (Lipinski definition) is 5. The molecular formula is C24H25ClN4O2S. The molecule has 32 heavy (non-hydrogen) atoms. The van der Waals surface area contributed by atoms with Crippen LogP contribution >= 0.6 is 22.9 Å². The van der Waals surface area contributed by atoms with Gasteiger partial charge in [-0.2, -0.15) is 0 Å². The van der Waals surface area contributed by atoms with Crippen LogP contribution in [0, 0.1) is 0 Å². The van der Waals surface area contributed by atoms with Crippen molar-refractivity contribution in [3.05, 3.63) is 52.6 Å². The number of hydrogen-bond donors (Lipinski definition) is 1. The number of nitrogens with one attached hydrogen (secondary N) is 1. The normalized spacial score (nSPS) is 14.4. The van der Waals surface area contributed by atoms with Gasteiger partial charge < -0.3 is 10.2 Å². The van der Waals surface area contributed by atoms with Gasteiger partial charge in [-0.1, -0.05) is 30.7 Å². The Morgan fingerprint density at radius 3 is 2.66 bits per heavy atom. The van der Waals surface area contributed by atoms with Crippen LogP contribution in [0.5, 0.6) is 0 Å². The first kappa shape index (κ1) is 22.4. The second kappa shape index (κ2) is 9.79. The van der Waals surface area contributed by atoms with Gasteiger partial charge in [-0.3, -0.25) is 9.59 Å². The minimum absolute atomic E-state index is 0.0769. The van der Waals surface area contributed by atoms with Crippen LogP contribution in [0.15, 0.2) is 42.6 Å². The minimum Gasteiger partial charge on any atom is -0.343 e. The van der Waals surface area contributed by atoms with E-state index in [9.17, 15) is 9.59 Å². The van der Waals surface area contributed by atoms with E-state index < -0.39 is 0 Å². The SMILES string of the molecule is CCC(=O)Nc1cc(-c2sc(C3CCN(C(C)=O)CC3)nc2-c2cccc(Cl)c2)ccn1. The van der Waals surface area contributed by atoms with Gasteiger partial charge in [0, 0.05) is 49.1 Å². The summed E-state index contributed by atoms with van der Waals surface area (Å²) in [6.07, 6.45) is 3.89. The molecule has 166 valence electrons. The summed E-state index contributed by atoms with van der Waals surface area (Å²) in [7, 11) is 0. The van der Waals surface area contributed by atoms with Crippen molar-refractivity contribution >= 4 is 40.6 Å². The van der Waals surface area contributed by atoms with Crippen LogP contribution in [0.4, 0.5) is 5.82 Å². The number of carbonyl (C=O) groups is 2. The molecule has 3 heterocycles. The molecule has 1 saturated heterocycles. The molecule has 0 saturated carbocycles. The molecule has 1 aliphatic heterocycles. The summed E-state index contributed by atoms with van der Waals surface area (Å²) >= 11 is 7.94. The summed E-state index contributed by atoms with van der Waals surface area (Å²) in [4.78, 5) is 35.8. The third kappa shape index (κ3) is 5.00. The molecule has 0 aliphatic carbocycles. The second-order valence-electron chi connectivity index (χ2n) is 7.85. The van der Waals surface area contributed by atoms with Crippen LogP contribution in [0.2, 0.25) is 5.02 Å². The molecule has 0 bridgehead atoms. The lowest BCUT2D eigenvalue weighted by Crippen LogP contribution is -2.36. The Kier molecular flexibility index (Phi) is 6.86. The lowest BCUT2D eigenvalue weighted by Gasteiger charge is -2.30. The molecule has 0 unspecified atom stereocenters. The smallest absolute Gasteiger partial charge is 0.225 e. The first-order valence-electron chi connectivity index (χ1n) is 10.7. The Balaban J connectivity index is 1.72. The number of aromatic nitrogens is 2. The van der Waals surface area contributed by atoms with Crippen LogP contribution in [0.25, 0.3) is 21.7 Å². The quantitative estimate of drug-likeness (QED) is 0.528. The molecule has 3 aromatic rings. The minimum atomic E-state index is -0.0769. The number of rotatable bonds is 5. The third-order valence-electron chi connectivity index (χ3n) is 5.64. The molecule has 1 fully saturated rings. The van der Waals surface area contributed by atoms with E-state index >= 15 is 0 Å². The van der Waals surface area contributed by atoms with Crippen molar-refractivity contribution in [1.29, 1.82) is 0 Å². The molecule has 2 amide bonds. The first-order valence-corrected chi connectivity index (χ1v) is 11.9. The fourth-order valence-corrected chi connectivity index (χ4v) is 5.29. The van der Waals surface area contributed by atoms with Gasteiger partial charge in [-0.05, 0) is 42.7 Å². The fraction of sp³-hybridized carbons (Fsp3) is 0.333. The van der Waals surface area contributed by atoms with Gasteiger partial charge in [0.15, 0.2) is 0 Å². The zero-order valence-corrected chi connectivity index (χ0v) is 19.7. The Labute approximate surface area is 196 Å². The highest BCUT2D eigenvalue weighted by Gasteiger charge is 2.26. The number of benzene rings is 1. The van der Waals surface area contributed by atoms with E-state index in [1.807, 2.05) is 48.2 Å². The van der Waals surface area contributed by atoms with Crippen molar-refractivity contribution in [2.24, 2.45) is 0 Å². The molecule has 0 radical (unpaired) electrons. The number of anilines is 1. The Bertz CT molecular complexity index is 1140. The van der Waals surface area contributed by atoms with E-state index in [-0.39, 0.29) is 11.8 Å². The lowest BCUT2D eigenvalue weighted by atomic mass is 9.97. The summed E-state index contributed by atoms with van der Waals surface area (Å²) in [6, 6.07) is 11.5. The Hall–Kier alpha value is -2.77. The first-order chi connectivity index (χ1) is 15.4. The van der Waals surface area contributed by atoms with E-state index in [1.54, 1.807) is 24.5 Å². The van der Waals surface area contributed by atoms with Crippen molar-refractivity contribution in [1.82, 2.24) is 14.9 Å². The van der Waals surface area contributed by atoms with Gasteiger partial charge in [0.1, 0.15) is 5.82 Å². The standard InChI is InChI=1S/C24H25ClN4O2S/c1-3-21(31)27-20-14-18(7-10-26-20)23-22(17-5-4-6-19(25)13-17)28-24(32-23)16-8-11-29(12-9-16)15(2)30/h4-7,10,13-14,16H,3,8-9,11-12H2,1-2H3,(H,26,27,31). The van der Waals surface area contributed by atoms with Gasteiger partial charge in [-0.15, -0.1) is 11.3 Å². The number of piperidine rings is 1. The van der Waals surface area contributed by atoms with Crippen LogP contribution in [-0.2, 0) is 9.59 Å². The van der Waals surface area contributed by atoms with Gasteiger partial charge >= 0.3 is 0 Å². The van der Waals surface area contributed by atoms with Crippen molar-refractivity contribution < 1.29 is 9.59 Å². The van der Waals surface area contributed by atoms with E-state index in [2.05, 4.69) is 10.3 Å². The average molecular weight is 469 g/mol. The summed E-state index contributed by atoms with van der Waals surface area (Å²) < 4.78 is 0. The number of pyridine rings is 1. The summed E-state index contributed by atoms with van der Waals surface area (Å²) in [5.41, 5.74) is 2.78. The average Bonchev–Trinajstić information content (AvgIpc) is 3.25. The Morgan fingerprint density at radius 1 is 1.19 bits per heavy atom. The van der Waals surface area contributed by atoms with E-state index in [1.165, 1.54) is 0 Å². The molecular weight excluding hydrogens is 444 g/mol. The second-order valence-corrected chi connectivity index (χ2v) is 9.32. The molecule has 8 heteroatoms. The highest BCUT2D eigenvalue weighted by molar-refractivity contribution is 7.15. The zero-order chi connectivity index (χ0) is 22.7. The van der Waals surface area contributed by atoms with E-state index in [0.717, 1.165) is 52.6 Å². The molecule has 1 N–H and O–H groups in total. The molecule has 1 aromatic carbocycles. The van der Waals surface area contributed by atoms with E-state index in [0.29, 0.717) is 23.2 Å². The largest absolute Gasteiger partial charge is 0.343 e. The van der Waals surface area contributed by atoms with Crippen molar-refractivity contribution in [3.8, 4) is 21.7 Å². The molecule has 2 aromatic heterocycles. The monoisotopic (exact) mass is 468 g/mol. The molecule has 0 spiro atoms. The summed E-state index contributed by atoms with van der Waals surface area (Å²) in [5.74, 6) is 0.882. The fourth-order valence-electron chi connectivity index (χ4n) is 3.85. The summed E-state index contributed by atoms with van der Waals surface area (Å²) in [5, 5.41) is 4.55. The van der Waals surface area contributed by atoms with Crippen molar-refractivity contribution in [3.63, 3.8) is 0 Å². The van der Waals surface area contributed by atoms with Crippen molar-refractivity contribution in [2.45, 2.75) is 39.0 Å². The number of halogens is 1. The predicted octanol–water partition coefficient (Wildman–Crippen LogP) is 5.60. The third-order valence-corrected chi connectivity index (χ3v) is 7.14. The van der Waals surface area contributed by atoms with Gasteiger partial charge in [0.2, 0.25) is 11.8 Å². The van der Waals surface area contributed by atoms with Crippen LogP contribution in [0.1, 0.15) is 44.0 Å². The van der Waals surface area contributed by atoms with Crippen LogP contribution in [0.3, 0.4) is 0 Å². The number of likely N-dealkylation sites (tertiary alicyclic amines) is 1. The highest BCUT2D eigenvalue weighted by Crippen LogP contribution is 2.42. The molecule has 1 aliphatic rings. The van der Waals surface area contributed by atoms with Crippen LogP contribution in [-0.4, -0.2) is 39.8 Å². The molecule has 4 rings (SSSR count). The number of amides is 2. The highest BCUT2D eigenvalue weighted by atomic mass is 35.5. The summed E-state index contributed by atoms with van der Waals surface area (Å²) in [6.45, 7) is 4.94. The zero-order valence-electron chi connectivity index (χ0n) is 18.1. The number of carbonyl (C=O) groups excluding carboxylic acids is 2. The van der Waals surface area contributed by atoms with E-state index in [4.69, 9.17) is 16.6 Å². The molecule has 0 atom stereocenters. The topological polar surface area (TPSA) is 75.2 Å². The van der Waals surface area contributed by atoms with Crippen molar-refractivity contribution in [2.75, 3.05) is 18.4 Å². The maximum Gasteiger partial charge on any atom is 0.225 e. The van der Waals surface area contributed by atoms with Gasteiger partial charge in [0.25, 0.3) is 0 Å². The lowest BCUT2D eigenvalue weighted by molar-refractivity contribution is -0.129.